The van der Waals surface area contributed by atoms with Crippen molar-refractivity contribution in [3.8, 4) is 0 Å². The average molecular weight is 385 g/mol. The summed E-state index contributed by atoms with van der Waals surface area (Å²) in [6.07, 6.45) is 0. The van der Waals surface area contributed by atoms with Crippen LogP contribution in [0.3, 0.4) is 0 Å². The van der Waals surface area contributed by atoms with E-state index in [0.717, 1.165) is 4.90 Å². The molecular weight excluding hydrogens is 373 g/mol. The molecule has 0 N–H and O–H groups in total. The van der Waals surface area contributed by atoms with Gasteiger partial charge < -0.3 is 4.90 Å². The van der Waals surface area contributed by atoms with E-state index in [1.54, 1.807) is 36.4 Å². The molecule has 0 radical (unpaired) electrons. The van der Waals surface area contributed by atoms with Crippen molar-refractivity contribution in [2.24, 2.45) is 0 Å². The molecule has 0 aliphatic carbocycles. The fourth-order valence-corrected chi connectivity index (χ4v) is 2.47. The van der Waals surface area contributed by atoms with Crippen molar-refractivity contribution < 1.29 is 14.0 Å². The van der Waals surface area contributed by atoms with E-state index >= 15 is 0 Å². The molecule has 2 aromatic rings. The largest absolute Gasteiger partial charge is 0.311 e. The maximum atomic E-state index is 13.2. The second-order valence-electron chi connectivity index (χ2n) is 4.55. The number of nitrogens with zero attached hydrogens (tertiary/aromatic N) is 1. The van der Waals surface area contributed by atoms with Gasteiger partial charge in [0.15, 0.2) is 5.78 Å². The highest BCUT2D eigenvalue weighted by Crippen LogP contribution is 2.27. The second kappa shape index (κ2) is 7.03. The van der Waals surface area contributed by atoms with E-state index in [9.17, 15) is 14.0 Å². The lowest BCUT2D eigenvalue weighted by Gasteiger charge is -2.20. The summed E-state index contributed by atoms with van der Waals surface area (Å²) in [5.41, 5.74) is 0.996. The number of rotatable bonds is 4. The second-order valence-corrected chi connectivity index (χ2v) is 5.79. The molecule has 1 atom stereocenters. The molecule has 114 valence electrons. The van der Waals surface area contributed by atoms with E-state index in [1.807, 2.05) is 0 Å². The minimum Gasteiger partial charge on any atom is -0.311 e. The summed E-state index contributed by atoms with van der Waals surface area (Å²) in [6, 6.07) is 13.1. The zero-order chi connectivity index (χ0) is 16.3. The first-order valence-corrected chi connectivity index (χ1v) is 7.66. The van der Waals surface area contributed by atoms with Crippen LogP contribution in [0, 0.1) is 0 Å². The number of carbonyl (C=O) groups excluding carboxylic acids is 2. The van der Waals surface area contributed by atoms with Gasteiger partial charge >= 0.3 is 0 Å². The predicted molar refractivity (Wildman–Crippen MR) is 88.6 cm³/mol. The Morgan fingerprint density at radius 3 is 2.41 bits per heavy atom. The van der Waals surface area contributed by atoms with Crippen molar-refractivity contribution in [1.82, 2.24) is 0 Å². The van der Waals surface area contributed by atoms with Crippen molar-refractivity contribution >= 4 is 44.9 Å². The van der Waals surface area contributed by atoms with Gasteiger partial charge in [-0.05, 0) is 34.1 Å². The molecule has 0 bridgehead atoms. The van der Waals surface area contributed by atoms with Crippen LogP contribution in [0.15, 0.2) is 48.5 Å². The fourth-order valence-electron chi connectivity index (χ4n) is 1.99. The normalized spacial score (nSPS) is 11.8. The standard InChI is InChI=1S/C16H12BrClFNO2/c1-20(16(22)15(17)19)13-8-7-11(18)9-12(13)14(21)10-5-3-2-4-6-10/h2-9,15H,1H3. The van der Waals surface area contributed by atoms with Crippen molar-refractivity contribution in [3.63, 3.8) is 0 Å². The number of benzene rings is 2. The Labute approximate surface area is 140 Å². The van der Waals surface area contributed by atoms with Crippen LogP contribution in [-0.4, -0.2) is 23.8 Å². The summed E-state index contributed by atoms with van der Waals surface area (Å²) in [5.74, 6) is -1.09. The predicted octanol–water partition coefficient (Wildman–Crippen LogP) is 4.22. The lowest BCUT2D eigenvalue weighted by molar-refractivity contribution is -0.120. The van der Waals surface area contributed by atoms with E-state index < -0.39 is 11.0 Å². The monoisotopic (exact) mass is 383 g/mol. The van der Waals surface area contributed by atoms with E-state index in [1.165, 1.54) is 19.2 Å². The summed E-state index contributed by atoms with van der Waals surface area (Å²) < 4.78 is 13.2. The highest BCUT2D eigenvalue weighted by Gasteiger charge is 2.24. The Balaban J connectivity index is 2.49. The summed E-state index contributed by atoms with van der Waals surface area (Å²) in [7, 11) is 1.40. The van der Waals surface area contributed by atoms with Crippen LogP contribution in [0.5, 0.6) is 0 Å². The van der Waals surface area contributed by atoms with E-state index in [2.05, 4.69) is 15.9 Å². The highest BCUT2D eigenvalue weighted by atomic mass is 79.9. The summed E-state index contributed by atoms with van der Waals surface area (Å²) in [6.45, 7) is 0. The summed E-state index contributed by atoms with van der Waals surface area (Å²) in [5, 5.41) is -1.48. The Morgan fingerprint density at radius 2 is 1.82 bits per heavy atom. The Hall–Kier alpha value is -1.72. The van der Waals surface area contributed by atoms with Crippen LogP contribution in [0.25, 0.3) is 0 Å². The molecule has 0 aliphatic rings. The number of alkyl halides is 2. The van der Waals surface area contributed by atoms with Crippen LogP contribution < -0.4 is 4.90 Å². The molecule has 2 aromatic carbocycles. The Bertz CT molecular complexity index is 707. The Kier molecular flexibility index (Phi) is 5.32. The van der Waals surface area contributed by atoms with Gasteiger partial charge in [-0.3, -0.25) is 9.59 Å². The topological polar surface area (TPSA) is 37.4 Å². The minimum absolute atomic E-state index is 0.239. The van der Waals surface area contributed by atoms with Crippen LogP contribution in [0.1, 0.15) is 15.9 Å². The van der Waals surface area contributed by atoms with E-state index in [0.29, 0.717) is 16.3 Å². The van der Waals surface area contributed by atoms with E-state index in [4.69, 9.17) is 11.6 Å². The molecule has 3 nitrogen and oxygen atoms in total. The first-order chi connectivity index (χ1) is 10.4. The third-order valence-electron chi connectivity index (χ3n) is 3.12. The number of halogens is 3. The van der Waals surface area contributed by atoms with Gasteiger partial charge in [0.05, 0.1) is 5.69 Å². The van der Waals surface area contributed by atoms with Gasteiger partial charge in [-0.15, -0.1) is 0 Å². The molecule has 0 fully saturated rings. The number of hydrogen-bond acceptors (Lipinski definition) is 2. The van der Waals surface area contributed by atoms with Gasteiger partial charge in [0.1, 0.15) is 0 Å². The molecule has 1 unspecified atom stereocenters. The number of amides is 1. The Morgan fingerprint density at radius 1 is 1.18 bits per heavy atom. The molecule has 2 rings (SSSR count). The van der Waals surface area contributed by atoms with Gasteiger partial charge in [-0.25, -0.2) is 4.39 Å². The van der Waals surface area contributed by atoms with Gasteiger partial charge in [-0.1, -0.05) is 41.9 Å². The molecule has 0 aromatic heterocycles. The molecule has 1 amide bonds. The van der Waals surface area contributed by atoms with Gasteiger partial charge in [0.2, 0.25) is 5.08 Å². The average Bonchev–Trinajstić information content (AvgIpc) is 2.53. The molecule has 0 spiro atoms. The van der Waals surface area contributed by atoms with Gasteiger partial charge in [-0.2, -0.15) is 0 Å². The van der Waals surface area contributed by atoms with Crippen molar-refractivity contribution in [3.05, 3.63) is 64.7 Å². The number of hydrogen-bond donors (Lipinski definition) is 0. The third kappa shape index (κ3) is 3.54. The van der Waals surface area contributed by atoms with E-state index in [-0.39, 0.29) is 11.3 Å². The van der Waals surface area contributed by atoms with Crippen LogP contribution in [0.4, 0.5) is 10.1 Å². The number of ketones is 1. The molecular formula is C16H12BrClFNO2. The lowest BCUT2D eigenvalue weighted by atomic mass is 10.0. The molecule has 0 saturated carbocycles. The zero-order valence-corrected chi connectivity index (χ0v) is 13.9. The van der Waals surface area contributed by atoms with Gasteiger partial charge in [0, 0.05) is 23.2 Å². The summed E-state index contributed by atoms with van der Waals surface area (Å²) >= 11 is 8.55. The van der Waals surface area contributed by atoms with Gasteiger partial charge in [0.25, 0.3) is 5.91 Å². The lowest BCUT2D eigenvalue weighted by Crippen LogP contribution is -2.32. The number of carbonyl (C=O) groups is 2. The quantitative estimate of drug-likeness (QED) is 0.584. The highest BCUT2D eigenvalue weighted by molar-refractivity contribution is 9.09. The smallest absolute Gasteiger partial charge is 0.272 e. The van der Waals surface area contributed by atoms with Crippen LogP contribution in [-0.2, 0) is 4.79 Å². The first-order valence-electron chi connectivity index (χ1n) is 6.37. The molecule has 0 saturated heterocycles. The first kappa shape index (κ1) is 16.6. The number of anilines is 1. The maximum Gasteiger partial charge on any atom is 0.272 e. The third-order valence-corrected chi connectivity index (χ3v) is 3.74. The van der Waals surface area contributed by atoms with Crippen LogP contribution >= 0.6 is 27.5 Å². The van der Waals surface area contributed by atoms with Crippen molar-refractivity contribution in [2.75, 3.05) is 11.9 Å². The molecule has 0 aliphatic heterocycles. The summed E-state index contributed by atoms with van der Waals surface area (Å²) in [4.78, 5) is 25.5. The molecule has 22 heavy (non-hydrogen) atoms. The minimum atomic E-state index is -1.84. The van der Waals surface area contributed by atoms with Crippen molar-refractivity contribution in [1.29, 1.82) is 0 Å². The SMILES string of the molecule is CN(C(=O)C(F)Br)c1ccc(Cl)cc1C(=O)c1ccccc1. The molecule has 6 heteroatoms. The zero-order valence-electron chi connectivity index (χ0n) is 11.6. The fraction of sp³-hybridized carbons (Fsp3) is 0.125. The maximum absolute atomic E-state index is 13.2. The molecule has 0 heterocycles. The van der Waals surface area contributed by atoms with Crippen LogP contribution in [0.2, 0.25) is 5.02 Å². The van der Waals surface area contributed by atoms with Crippen molar-refractivity contribution in [2.45, 2.75) is 5.08 Å².